The van der Waals surface area contributed by atoms with Gasteiger partial charge in [0.1, 0.15) is 5.92 Å². The van der Waals surface area contributed by atoms with E-state index in [1.54, 1.807) is 4.90 Å². The van der Waals surface area contributed by atoms with E-state index in [9.17, 15) is 19.2 Å². The Bertz CT molecular complexity index is 1370. The first-order valence-electron chi connectivity index (χ1n) is 11.3. The summed E-state index contributed by atoms with van der Waals surface area (Å²) < 4.78 is 20.1. The van der Waals surface area contributed by atoms with Crippen molar-refractivity contribution in [1.29, 1.82) is 0 Å². The van der Waals surface area contributed by atoms with Gasteiger partial charge in [0.25, 0.3) is 0 Å². The van der Waals surface area contributed by atoms with Crippen LogP contribution in [-0.2, 0) is 38.1 Å². The van der Waals surface area contributed by atoms with E-state index in [4.69, 9.17) is 18.9 Å². The number of esters is 4. The number of carbonyl (C=O) groups excluding carboxylic acids is 4. The first-order chi connectivity index (χ1) is 17.9. The van der Waals surface area contributed by atoms with Gasteiger partial charge in [-0.25, -0.2) is 14.4 Å². The van der Waals surface area contributed by atoms with E-state index >= 15 is 0 Å². The topological polar surface area (TPSA) is 108 Å². The number of hydrogen-bond acceptors (Lipinski definition) is 9. The summed E-state index contributed by atoms with van der Waals surface area (Å²) in [4.78, 5) is 54.7. The van der Waals surface area contributed by atoms with Crippen molar-refractivity contribution in [3.8, 4) is 0 Å². The molecule has 2 aromatic rings. The normalized spacial score (nSPS) is 16.6. The van der Waals surface area contributed by atoms with Crippen LogP contribution in [0.1, 0.15) is 11.1 Å². The predicted octanol–water partition coefficient (Wildman–Crippen LogP) is 2.92. The highest BCUT2D eigenvalue weighted by atomic mass is 16.5. The van der Waals surface area contributed by atoms with Crippen LogP contribution in [0.15, 0.2) is 77.0 Å². The third-order valence-electron chi connectivity index (χ3n) is 6.28. The van der Waals surface area contributed by atoms with E-state index in [1.165, 1.54) is 7.11 Å². The summed E-state index contributed by atoms with van der Waals surface area (Å²) >= 11 is 0. The molecule has 0 aliphatic carbocycles. The van der Waals surface area contributed by atoms with Crippen molar-refractivity contribution in [3.05, 3.63) is 88.1 Å². The van der Waals surface area contributed by atoms with Crippen molar-refractivity contribution >= 4 is 41.2 Å². The van der Waals surface area contributed by atoms with Crippen LogP contribution >= 0.6 is 0 Å². The van der Waals surface area contributed by atoms with Crippen LogP contribution in [0, 0.1) is 5.92 Å². The van der Waals surface area contributed by atoms with Gasteiger partial charge in [-0.05, 0) is 23.3 Å². The van der Waals surface area contributed by atoms with E-state index in [0.29, 0.717) is 11.3 Å². The fraction of sp³-hybridized carbons (Fsp3) is 0.214. The van der Waals surface area contributed by atoms with Crippen LogP contribution in [0.4, 0.5) is 5.69 Å². The van der Waals surface area contributed by atoms with Gasteiger partial charge in [-0.3, -0.25) is 4.79 Å². The lowest BCUT2D eigenvalue weighted by Crippen LogP contribution is -2.37. The predicted molar refractivity (Wildman–Crippen MR) is 134 cm³/mol. The summed E-state index contributed by atoms with van der Waals surface area (Å²) in [5.74, 6) is -4.97. The van der Waals surface area contributed by atoms with Gasteiger partial charge in [-0.15, -0.1) is 0 Å². The summed E-state index contributed by atoms with van der Waals surface area (Å²) in [6.07, 6.45) is 1.88. The van der Waals surface area contributed by atoms with Gasteiger partial charge in [0.05, 0.1) is 50.9 Å². The fourth-order valence-corrected chi connectivity index (χ4v) is 4.65. The van der Waals surface area contributed by atoms with E-state index < -0.39 is 35.4 Å². The molecular formula is C28H25NO8. The molecule has 2 aromatic carbocycles. The largest absolute Gasteiger partial charge is 0.468 e. The van der Waals surface area contributed by atoms with Gasteiger partial charge in [0.2, 0.25) is 0 Å². The van der Waals surface area contributed by atoms with E-state index in [2.05, 4.69) is 0 Å². The van der Waals surface area contributed by atoms with E-state index in [1.807, 2.05) is 60.7 Å². The number of ether oxygens (including phenoxy) is 4. The molecule has 1 atom stereocenters. The van der Waals surface area contributed by atoms with Crippen LogP contribution in [-0.4, -0.2) is 58.9 Å². The van der Waals surface area contributed by atoms with Crippen molar-refractivity contribution in [2.24, 2.45) is 5.92 Å². The van der Waals surface area contributed by atoms with Crippen molar-refractivity contribution in [3.63, 3.8) is 0 Å². The molecule has 2 aliphatic heterocycles. The quantitative estimate of drug-likeness (QED) is 0.449. The Balaban J connectivity index is 2.21. The number of benzene rings is 2. The molecule has 0 spiro atoms. The van der Waals surface area contributed by atoms with Crippen molar-refractivity contribution in [2.75, 3.05) is 39.9 Å². The van der Waals surface area contributed by atoms with Crippen LogP contribution in [0.3, 0.4) is 0 Å². The molecule has 0 N–H and O–H groups in total. The maximum atomic E-state index is 13.5. The highest BCUT2D eigenvalue weighted by molar-refractivity contribution is 6.18. The standard InChI is InChI=1S/C28H25NO8/c1-34-25(30)19-15-29-20-13-9-8-12-17(20)14-18(16-10-6-5-7-11-16)24(29)23(28(33)37-4)22(27(32)36-3)21(19)26(31)35-2/h5-14,19H,15H2,1-4H3/t19-/m1/s1. The van der Waals surface area contributed by atoms with Gasteiger partial charge in [0, 0.05) is 17.8 Å². The molecule has 0 saturated heterocycles. The average molecular weight is 504 g/mol. The zero-order chi connectivity index (χ0) is 26.7. The number of hydrogen-bond donors (Lipinski definition) is 0. The second-order valence-electron chi connectivity index (χ2n) is 8.16. The lowest BCUT2D eigenvalue weighted by molar-refractivity contribution is -0.147. The number of methoxy groups -OCH3 is 4. The Labute approximate surface area is 213 Å². The van der Waals surface area contributed by atoms with Crippen LogP contribution < -0.4 is 4.90 Å². The Morgan fingerprint density at radius 2 is 1.32 bits per heavy atom. The molecule has 4 rings (SSSR count). The molecule has 190 valence electrons. The number of para-hydroxylation sites is 1. The number of allylic oxidation sites excluding steroid dienone is 1. The van der Waals surface area contributed by atoms with E-state index in [-0.39, 0.29) is 23.4 Å². The smallest absolute Gasteiger partial charge is 0.340 e. The first-order valence-corrected chi connectivity index (χ1v) is 11.3. The highest BCUT2D eigenvalue weighted by Gasteiger charge is 2.46. The van der Waals surface area contributed by atoms with Gasteiger partial charge < -0.3 is 23.8 Å². The van der Waals surface area contributed by atoms with Crippen LogP contribution in [0.5, 0.6) is 0 Å². The maximum absolute atomic E-state index is 13.5. The second kappa shape index (κ2) is 10.5. The van der Waals surface area contributed by atoms with Gasteiger partial charge in [-0.1, -0.05) is 48.5 Å². The molecule has 0 saturated carbocycles. The molecule has 2 heterocycles. The SMILES string of the molecule is COC(=O)C1=C(C(=O)OC)[C@H](C(=O)OC)CN2C(=C1C(=O)OC)C(c1ccccc1)=Cc1ccccc12. The molecule has 9 nitrogen and oxygen atoms in total. The molecule has 9 heteroatoms. The number of fused-ring (bicyclic) bond motifs is 3. The Kier molecular flexibility index (Phi) is 7.24. The van der Waals surface area contributed by atoms with Crippen LogP contribution in [0.25, 0.3) is 11.6 Å². The molecular weight excluding hydrogens is 478 g/mol. The lowest BCUT2D eigenvalue weighted by atomic mass is 9.88. The number of carbonyl (C=O) groups is 4. The molecule has 0 radical (unpaired) electrons. The molecule has 0 fully saturated rings. The summed E-state index contributed by atoms with van der Waals surface area (Å²) in [6, 6.07) is 16.6. The minimum absolute atomic E-state index is 0.130. The van der Waals surface area contributed by atoms with E-state index in [0.717, 1.165) is 32.5 Å². The monoisotopic (exact) mass is 503 g/mol. The molecule has 0 amide bonds. The maximum Gasteiger partial charge on any atom is 0.340 e. The summed E-state index contributed by atoms with van der Waals surface area (Å²) in [7, 11) is 4.57. The number of anilines is 1. The number of nitrogens with zero attached hydrogens (tertiary/aromatic N) is 1. The summed E-state index contributed by atoms with van der Waals surface area (Å²) in [5.41, 5.74) is 2.05. The highest BCUT2D eigenvalue weighted by Crippen LogP contribution is 2.46. The Hall–Kier alpha value is -4.66. The lowest BCUT2D eigenvalue weighted by Gasteiger charge is -2.35. The Morgan fingerprint density at radius 3 is 1.95 bits per heavy atom. The van der Waals surface area contributed by atoms with Gasteiger partial charge in [-0.2, -0.15) is 0 Å². The second-order valence-corrected chi connectivity index (χ2v) is 8.16. The molecule has 2 aliphatic rings. The van der Waals surface area contributed by atoms with Crippen molar-refractivity contribution in [2.45, 2.75) is 0 Å². The van der Waals surface area contributed by atoms with Gasteiger partial charge >= 0.3 is 23.9 Å². The van der Waals surface area contributed by atoms with Crippen molar-refractivity contribution < 1.29 is 38.1 Å². The third kappa shape index (κ3) is 4.40. The average Bonchev–Trinajstić information content (AvgIpc) is 3.11. The minimum Gasteiger partial charge on any atom is -0.468 e. The van der Waals surface area contributed by atoms with Crippen molar-refractivity contribution in [1.82, 2.24) is 0 Å². The summed E-state index contributed by atoms with van der Waals surface area (Å²) in [5, 5.41) is 0. The molecule has 0 aromatic heterocycles. The zero-order valence-electron chi connectivity index (χ0n) is 20.8. The molecule has 37 heavy (non-hydrogen) atoms. The fourth-order valence-electron chi connectivity index (χ4n) is 4.65. The summed E-state index contributed by atoms with van der Waals surface area (Å²) in [6.45, 7) is -0.130. The van der Waals surface area contributed by atoms with Gasteiger partial charge in [0.15, 0.2) is 0 Å². The van der Waals surface area contributed by atoms with Crippen LogP contribution in [0.2, 0.25) is 0 Å². The zero-order valence-corrected chi connectivity index (χ0v) is 20.8. The third-order valence-corrected chi connectivity index (χ3v) is 6.28. The Morgan fingerprint density at radius 1 is 0.730 bits per heavy atom. The number of rotatable bonds is 5. The minimum atomic E-state index is -1.30. The first kappa shape index (κ1) is 25.4. The molecule has 0 bridgehead atoms. The molecule has 0 unspecified atom stereocenters.